The van der Waals surface area contributed by atoms with Crippen LogP contribution in [-0.2, 0) is 12.8 Å². The summed E-state index contributed by atoms with van der Waals surface area (Å²) < 4.78 is 0. The van der Waals surface area contributed by atoms with Crippen molar-refractivity contribution in [3.8, 4) is 34.3 Å². The van der Waals surface area contributed by atoms with Crippen LogP contribution in [0.5, 0.6) is 11.5 Å². The van der Waals surface area contributed by atoms with E-state index >= 15 is 0 Å². The van der Waals surface area contributed by atoms with E-state index in [-0.39, 0.29) is 16.9 Å². The Bertz CT molecular complexity index is 1030. The molecule has 2 aromatic heterocycles. The zero-order valence-corrected chi connectivity index (χ0v) is 15.8. The smallest absolute Gasteiger partial charge is 0.178 e. The van der Waals surface area contributed by atoms with Gasteiger partial charge in [0.1, 0.15) is 5.69 Å². The van der Waals surface area contributed by atoms with Crippen molar-refractivity contribution < 1.29 is 10.2 Å². The third kappa shape index (κ3) is 3.25. The average molecular weight is 361 g/mol. The number of phenols is 2. The normalized spacial score (nSPS) is 15.4. The van der Waals surface area contributed by atoms with Gasteiger partial charge in [-0.25, -0.2) is 15.0 Å². The summed E-state index contributed by atoms with van der Waals surface area (Å²) >= 11 is 0. The summed E-state index contributed by atoms with van der Waals surface area (Å²) in [5.74, 6) is 0.255. The summed E-state index contributed by atoms with van der Waals surface area (Å²) in [4.78, 5) is 14.2. The van der Waals surface area contributed by atoms with Crippen molar-refractivity contribution in [1.29, 1.82) is 0 Å². The van der Waals surface area contributed by atoms with E-state index in [0.29, 0.717) is 22.8 Å². The Morgan fingerprint density at radius 2 is 1.74 bits per heavy atom. The maximum absolute atomic E-state index is 10.4. The number of para-hydroxylation sites is 1. The number of rotatable bonds is 2. The molecule has 5 nitrogen and oxygen atoms in total. The van der Waals surface area contributed by atoms with Gasteiger partial charge in [-0.05, 0) is 55.9 Å². The molecule has 27 heavy (non-hydrogen) atoms. The van der Waals surface area contributed by atoms with Crippen LogP contribution < -0.4 is 0 Å². The highest BCUT2D eigenvalue weighted by atomic mass is 16.3. The molecule has 3 aromatic rings. The van der Waals surface area contributed by atoms with Crippen LogP contribution in [0.4, 0.5) is 0 Å². The van der Waals surface area contributed by atoms with E-state index in [1.807, 2.05) is 25.1 Å². The van der Waals surface area contributed by atoms with E-state index in [4.69, 9.17) is 9.97 Å². The Kier molecular flexibility index (Phi) is 4.10. The molecule has 0 unspecified atom stereocenters. The molecule has 5 heteroatoms. The van der Waals surface area contributed by atoms with Gasteiger partial charge in [-0.2, -0.15) is 0 Å². The van der Waals surface area contributed by atoms with Gasteiger partial charge in [0.2, 0.25) is 0 Å². The Morgan fingerprint density at radius 3 is 2.52 bits per heavy atom. The Hall–Kier alpha value is -2.95. The second-order valence-corrected chi connectivity index (χ2v) is 8.00. The molecule has 1 aliphatic rings. The molecule has 0 aliphatic heterocycles. The molecule has 0 bridgehead atoms. The van der Waals surface area contributed by atoms with E-state index in [9.17, 15) is 10.2 Å². The van der Waals surface area contributed by atoms with Crippen molar-refractivity contribution in [3.05, 3.63) is 53.3 Å². The molecule has 2 heterocycles. The lowest BCUT2D eigenvalue weighted by molar-refractivity contribution is 0.310. The van der Waals surface area contributed by atoms with E-state index in [2.05, 4.69) is 18.8 Å². The predicted octanol–water partition coefficient (Wildman–Crippen LogP) is 4.44. The minimum Gasteiger partial charge on any atom is -0.504 e. The minimum atomic E-state index is -0.147. The number of aromatic nitrogens is 3. The first-order valence-corrected chi connectivity index (χ1v) is 9.19. The summed E-state index contributed by atoms with van der Waals surface area (Å²) in [6.45, 7) is 6.43. The fourth-order valence-corrected chi connectivity index (χ4v) is 3.67. The number of hydrogen-bond acceptors (Lipinski definition) is 5. The van der Waals surface area contributed by atoms with E-state index in [1.54, 1.807) is 12.1 Å². The molecule has 0 amide bonds. The quantitative estimate of drug-likeness (QED) is 0.660. The molecular formula is C22H23N3O2. The Morgan fingerprint density at radius 1 is 0.963 bits per heavy atom. The van der Waals surface area contributed by atoms with Crippen LogP contribution in [0, 0.1) is 12.3 Å². The number of hydrogen-bond donors (Lipinski definition) is 2. The maximum atomic E-state index is 10.4. The standard InChI is InChI=1S/C22H23N3O2/c1-13-6-4-8-16(23-13)21-24-17-12-22(2,3)11-10-14(17)19(25-21)15-7-5-9-18(26)20(15)27/h4-9,26-27H,10-12H2,1-3H3. The van der Waals surface area contributed by atoms with Gasteiger partial charge in [-0.1, -0.05) is 26.0 Å². The molecule has 2 N–H and O–H groups in total. The van der Waals surface area contributed by atoms with Crippen LogP contribution in [0.25, 0.3) is 22.8 Å². The van der Waals surface area contributed by atoms with Crippen molar-refractivity contribution >= 4 is 0 Å². The van der Waals surface area contributed by atoms with Crippen molar-refractivity contribution in [2.75, 3.05) is 0 Å². The number of pyridine rings is 1. The number of phenolic OH excluding ortho intramolecular Hbond substituents is 2. The van der Waals surface area contributed by atoms with Crippen LogP contribution in [0.3, 0.4) is 0 Å². The Balaban J connectivity index is 1.97. The fraction of sp³-hybridized carbons (Fsp3) is 0.318. The lowest BCUT2D eigenvalue weighted by Gasteiger charge is -2.31. The largest absolute Gasteiger partial charge is 0.504 e. The SMILES string of the molecule is Cc1cccc(-c2nc3c(c(-c4cccc(O)c4O)n2)CCC(C)(C)C3)n1. The first-order valence-electron chi connectivity index (χ1n) is 9.19. The van der Waals surface area contributed by atoms with Crippen LogP contribution >= 0.6 is 0 Å². The van der Waals surface area contributed by atoms with Gasteiger partial charge in [0.05, 0.1) is 5.69 Å². The lowest BCUT2D eigenvalue weighted by Crippen LogP contribution is -2.24. The number of benzene rings is 1. The summed E-state index contributed by atoms with van der Waals surface area (Å²) in [5, 5.41) is 20.4. The molecule has 0 saturated heterocycles. The maximum Gasteiger partial charge on any atom is 0.178 e. The third-order valence-corrected chi connectivity index (χ3v) is 5.18. The van der Waals surface area contributed by atoms with Crippen LogP contribution in [-0.4, -0.2) is 25.2 Å². The highest BCUT2D eigenvalue weighted by molar-refractivity contribution is 5.75. The molecular weight excluding hydrogens is 338 g/mol. The van der Waals surface area contributed by atoms with E-state index in [1.165, 1.54) is 6.07 Å². The van der Waals surface area contributed by atoms with E-state index < -0.39 is 0 Å². The van der Waals surface area contributed by atoms with Crippen molar-refractivity contribution in [3.63, 3.8) is 0 Å². The van der Waals surface area contributed by atoms with Crippen molar-refractivity contribution in [2.24, 2.45) is 5.41 Å². The third-order valence-electron chi connectivity index (χ3n) is 5.18. The van der Waals surface area contributed by atoms with Gasteiger partial charge in [-0.3, -0.25) is 0 Å². The number of aromatic hydroxyl groups is 2. The topological polar surface area (TPSA) is 79.1 Å². The van der Waals surface area contributed by atoms with Crippen LogP contribution in [0.2, 0.25) is 0 Å². The summed E-state index contributed by atoms with van der Waals surface area (Å²) in [6, 6.07) is 10.7. The van der Waals surface area contributed by atoms with Gasteiger partial charge in [0.15, 0.2) is 17.3 Å². The van der Waals surface area contributed by atoms with Crippen LogP contribution in [0.1, 0.15) is 37.2 Å². The lowest BCUT2D eigenvalue weighted by atomic mass is 9.75. The minimum absolute atomic E-state index is 0.147. The zero-order chi connectivity index (χ0) is 19.2. The second kappa shape index (κ2) is 6.34. The van der Waals surface area contributed by atoms with E-state index in [0.717, 1.165) is 36.2 Å². The molecule has 1 aliphatic carbocycles. The predicted molar refractivity (Wildman–Crippen MR) is 105 cm³/mol. The van der Waals surface area contributed by atoms with Crippen molar-refractivity contribution in [1.82, 2.24) is 15.0 Å². The van der Waals surface area contributed by atoms with Gasteiger partial charge < -0.3 is 10.2 Å². The van der Waals surface area contributed by atoms with Gasteiger partial charge in [0, 0.05) is 22.5 Å². The average Bonchev–Trinajstić information content (AvgIpc) is 2.62. The Labute approximate surface area is 158 Å². The van der Waals surface area contributed by atoms with Crippen molar-refractivity contribution in [2.45, 2.75) is 40.0 Å². The molecule has 0 atom stereocenters. The van der Waals surface area contributed by atoms with Gasteiger partial charge in [0.25, 0.3) is 0 Å². The van der Waals surface area contributed by atoms with Crippen LogP contribution in [0.15, 0.2) is 36.4 Å². The number of aryl methyl sites for hydroxylation is 1. The fourth-order valence-electron chi connectivity index (χ4n) is 3.67. The molecule has 0 saturated carbocycles. The molecule has 0 radical (unpaired) electrons. The zero-order valence-electron chi connectivity index (χ0n) is 15.8. The first kappa shape index (κ1) is 17.5. The molecule has 4 rings (SSSR count). The molecule has 1 aromatic carbocycles. The second-order valence-electron chi connectivity index (χ2n) is 8.00. The highest BCUT2D eigenvalue weighted by Crippen LogP contribution is 2.42. The van der Waals surface area contributed by atoms with Gasteiger partial charge in [-0.15, -0.1) is 0 Å². The number of fused-ring (bicyclic) bond motifs is 1. The number of nitrogens with zero attached hydrogens (tertiary/aromatic N) is 3. The molecule has 138 valence electrons. The van der Waals surface area contributed by atoms with Gasteiger partial charge >= 0.3 is 0 Å². The molecule has 0 spiro atoms. The summed E-state index contributed by atoms with van der Waals surface area (Å²) in [6.07, 6.45) is 2.71. The summed E-state index contributed by atoms with van der Waals surface area (Å²) in [7, 11) is 0. The summed E-state index contributed by atoms with van der Waals surface area (Å²) in [5.41, 5.74) is 5.03. The monoisotopic (exact) mass is 361 g/mol. The highest BCUT2D eigenvalue weighted by Gasteiger charge is 2.30. The first-order chi connectivity index (χ1) is 12.8. The molecule has 0 fully saturated rings.